The standard InChI is InChI=1S/C19H18N2O/c22-21-14-8-7-13-19(21)20(15-17-9-3-1-4-10-17)16-18-11-5-2-6-12-18/h1-14H,15-16H2. The first-order valence-electron chi connectivity index (χ1n) is 7.34. The summed E-state index contributed by atoms with van der Waals surface area (Å²) in [5, 5.41) is 12.1. The van der Waals surface area contributed by atoms with Gasteiger partial charge in [0.15, 0.2) is 0 Å². The minimum absolute atomic E-state index is 0.662. The molecule has 110 valence electrons. The van der Waals surface area contributed by atoms with E-state index in [1.54, 1.807) is 12.3 Å². The molecule has 0 saturated carbocycles. The third kappa shape index (κ3) is 3.44. The molecule has 0 saturated heterocycles. The maximum absolute atomic E-state index is 12.1. The summed E-state index contributed by atoms with van der Waals surface area (Å²) in [6.07, 6.45) is 1.54. The Morgan fingerprint density at radius 1 is 0.682 bits per heavy atom. The molecule has 3 aromatic rings. The van der Waals surface area contributed by atoms with E-state index < -0.39 is 0 Å². The molecule has 3 nitrogen and oxygen atoms in total. The smallest absolute Gasteiger partial charge is 0.280 e. The number of hydrogen-bond acceptors (Lipinski definition) is 2. The summed E-state index contributed by atoms with van der Waals surface area (Å²) in [6, 6.07) is 25.9. The van der Waals surface area contributed by atoms with E-state index >= 15 is 0 Å². The minimum Gasteiger partial charge on any atom is -0.711 e. The summed E-state index contributed by atoms with van der Waals surface area (Å²) in [6.45, 7) is 1.39. The van der Waals surface area contributed by atoms with Crippen molar-refractivity contribution in [1.82, 2.24) is 0 Å². The van der Waals surface area contributed by atoms with Crippen LogP contribution in [0, 0.1) is 5.21 Å². The predicted molar refractivity (Wildman–Crippen MR) is 88.2 cm³/mol. The topological polar surface area (TPSA) is 30.2 Å². The van der Waals surface area contributed by atoms with E-state index in [1.165, 1.54) is 11.1 Å². The van der Waals surface area contributed by atoms with Crippen molar-refractivity contribution in [3.05, 3.63) is 101 Å². The number of anilines is 1. The largest absolute Gasteiger partial charge is 0.711 e. The minimum atomic E-state index is 0.662. The number of rotatable bonds is 5. The van der Waals surface area contributed by atoms with Gasteiger partial charge in [0, 0.05) is 6.07 Å². The van der Waals surface area contributed by atoms with Crippen LogP contribution < -0.4 is 9.63 Å². The van der Waals surface area contributed by atoms with Crippen molar-refractivity contribution in [2.75, 3.05) is 4.90 Å². The molecule has 0 spiro atoms. The first-order chi connectivity index (χ1) is 10.8. The van der Waals surface area contributed by atoms with E-state index in [0.29, 0.717) is 18.9 Å². The first-order valence-corrected chi connectivity index (χ1v) is 7.34. The maximum Gasteiger partial charge on any atom is 0.280 e. The molecular weight excluding hydrogens is 272 g/mol. The van der Waals surface area contributed by atoms with Gasteiger partial charge in [-0.15, -0.1) is 0 Å². The highest BCUT2D eigenvalue weighted by molar-refractivity contribution is 5.36. The Labute approximate surface area is 130 Å². The molecule has 3 heteroatoms. The molecule has 0 amide bonds. The van der Waals surface area contributed by atoms with Gasteiger partial charge in [0.05, 0.1) is 6.20 Å². The van der Waals surface area contributed by atoms with Crippen molar-refractivity contribution in [2.24, 2.45) is 0 Å². The Bertz CT molecular complexity index is 672. The van der Waals surface area contributed by atoms with E-state index in [9.17, 15) is 5.21 Å². The molecule has 0 N–H and O–H groups in total. The van der Waals surface area contributed by atoms with Gasteiger partial charge >= 0.3 is 0 Å². The zero-order valence-corrected chi connectivity index (χ0v) is 12.3. The second kappa shape index (κ2) is 6.76. The highest BCUT2D eigenvalue weighted by Crippen LogP contribution is 2.16. The van der Waals surface area contributed by atoms with Gasteiger partial charge in [-0.3, -0.25) is 4.90 Å². The number of hydrogen-bond donors (Lipinski definition) is 0. The Hall–Kier alpha value is -2.81. The van der Waals surface area contributed by atoms with Gasteiger partial charge in [-0.25, -0.2) is 4.73 Å². The second-order valence-electron chi connectivity index (χ2n) is 5.21. The van der Waals surface area contributed by atoms with Gasteiger partial charge < -0.3 is 5.21 Å². The molecule has 2 aromatic carbocycles. The van der Waals surface area contributed by atoms with Crippen LogP contribution >= 0.6 is 0 Å². The van der Waals surface area contributed by atoms with Crippen LogP contribution in [0.2, 0.25) is 0 Å². The van der Waals surface area contributed by atoms with Crippen molar-refractivity contribution in [3.8, 4) is 0 Å². The van der Waals surface area contributed by atoms with Crippen LogP contribution in [-0.4, -0.2) is 0 Å². The normalized spacial score (nSPS) is 10.4. The average Bonchev–Trinajstić information content (AvgIpc) is 2.57. The molecule has 1 aromatic heterocycles. The lowest BCUT2D eigenvalue weighted by molar-refractivity contribution is -0.592. The number of aromatic nitrogens is 1. The lowest BCUT2D eigenvalue weighted by Crippen LogP contribution is -2.37. The molecule has 0 atom stereocenters. The fourth-order valence-corrected chi connectivity index (χ4v) is 2.49. The predicted octanol–water partition coefficient (Wildman–Crippen LogP) is 3.53. The zero-order chi connectivity index (χ0) is 15.2. The van der Waals surface area contributed by atoms with Crippen molar-refractivity contribution < 1.29 is 4.73 Å². The molecule has 0 unspecified atom stereocenters. The Kier molecular flexibility index (Phi) is 4.35. The van der Waals surface area contributed by atoms with Crippen molar-refractivity contribution in [1.29, 1.82) is 0 Å². The number of pyridine rings is 1. The molecule has 0 fully saturated rings. The lowest BCUT2D eigenvalue weighted by Gasteiger charge is -2.21. The highest BCUT2D eigenvalue weighted by atomic mass is 16.5. The summed E-state index contributed by atoms with van der Waals surface area (Å²) in [4.78, 5) is 2.09. The SMILES string of the molecule is [O-][n+]1ccccc1N(Cc1ccccc1)Cc1ccccc1. The molecule has 0 aliphatic rings. The third-order valence-electron chi connectivity index (χ3n) is 3.56. The summed E-state index contributed by atoms with van der Waals surface area (Å²) >= 11 is 0. The maximum atomic E-state index is 12.1. The van der Waals surface area contributed by atoms with E-state index in [4.69, 9.17) is 0 Å². The van der Waals surface area contributed by atoms with Gasteiger partial charge in [-0.05, 0) is 17.2 Å². The molecule has 1 heterocycles. The molecular formula is C19H18N2O. The first kappa shape index (κ1) is 14.1. The lowest BCUT2D eigenvalue weighted by atomic mass is 10.1. The second-order valence-corrected chi connectivity index (χ2v) is 5.21. The Morgan fingerprint density at radius 3 is 1.68 bits per heavy atom. The van der Waals surface area contributed by atoms with Gasteiger partial charge in [0.25, 0.3) is 5.82 Å². The highest BCUT2D eigenvalue weighted by Gasteiger charge is 2.17. The fourth-order valence-electron chi connectivity index (χ4n) is 2.49. The fraction of sp³-hybridized carbons (Fsp3) is 0.105. The molecule has 0 aliphatic heterocycles. The Morgan fingerprint density at radius 2 is 1.18 bits per heavy atom. The number of benzene rings is 2. The van der Waals surface area contributed by atoms with Gasteiger partial charge in [-0.2, -0.15) is 0 Å². The van der Waals surface area contributed by atoms with Crippen LogP contribution in [0.25, 0.3) is 0 Å². The molecule has 0 aliphatic carbocycles. The van der Waals surface area contributed by atoms with Crippen LogP contribution in [0.5, 0.6) is 0 Å². The molecule has 0 bridgehead atoms. The van der Waals surface area contributed by atoms with Crippen LogP contribution in [-0.2, 0) is 13.1 Å². The molecule has 22 heavy (non-hydrogen) atoms. The summed E-state index contributed by atoms with van der Waals surface area (Å²) < 4.78 is 0.923. The monoisotopic (exact) mass is 290 g/mol. The molecule has 0 radical (unpaired) electrons. The van der Waals surface area contributed by atoms with E-state index in [0.717, 1.165) is 4.73 Å². The summed E-state index contributed by atoms with van der Waals surface area (Å²) in [5.74, 6) is 0.662. The third-order valence-corrected chi connectivity index (χ3v) is 3.56. The van der Waals surface area contributed by atoms with Crippen LogP contribution in [0.1, 0.15) is 11.1 Å². The number of nitrogens with zero attached hydrogens (tertiary/aromatic N) is 2. The van der Waals surface area contributed by atoms with E-state index in [1.807, 2.05) is 48.5 Å². The zero-order valence-electron chi connectivity index (χ0n) is 12.3. The van der Waals surface area contributed by atoms with E-state index in [2.05, 4.69) is 29.2 Å². The van der Waals surface area contributed by atoms with Gasteiger partial charge in [0.1, 0.15) is 13.1 Å². The van der Waals surface area contributed by atoms with Gasteiger partial charge in [0.2, 0.25) is 0 Å². The quantitative estimate of drug-likeness (QED) is 0.531. The Balaban J connectivity index is 1.90. The van der Waals surface area contributed by atoms with Crippen LogP contribution in [0.15, 0.2) is 85.1 Å². The molecule has 3 rings (SSSR count). The summed E-state index contributed by atoms with van der Waals surface area (Å²) in [7, 11) is 0. The van der Waals surface area contributed by atoms with Crippen molar-refractivity contribution in [2.45, 2.75) is 13.1 Å². The van der Waals surface area contributed by atoms with E-state index in [-0.39, 0.29) is 0 Å². The summed E-state index contributed by atoms with van der Waals surface area (Å²) in [5.41, 5.74) is 2.37. The van der Waals surface area contributed by atoms with Crippen molar-refractivity contribution >= 4 is 5.82 Å². The van der Waals surface area contributed by atoms with Gasteiger partial charge in [-0.1, -0.05) is 66.7 Å². The van der Waals surface area contributed by atoms with Crippen molar-refractivity contribution in [3.63, 3.8) is 0 Å². The van der Waals surface area contributed by atoms with Crippen LogP contribution in [0.3, 0.4) is 0 Å². The van der Waals surface area contributed by atoms with Crippen LogP contribution in [0.4, 0.5) is 5.82 Å². The average molecular weight is 290 g/mol.